The molecule has 1 aromatic carbocycles. The van der Waals surface area contributed by atoms with Gasteiger partial charge in [0, 0.05) is 17.6 Å². The van der Waals surface area contributed by atoms with Crippen molar-refractivity contribution < 1.29 is 9.21 Å². The molecule has 5 heteroatoms. The summed E-state index contributed by atoms with van der Waals surface area (Å²) in [6.07, 6.45) is 2.14. The minimum absolute atomic E-state index is 0.0629. The summed E-state index contributed by atoms with van der Waals surface area (Å²) in [5.41, 5.74) is 1.46. The zero-order valence-electron chi connectivity index (χ0n) is 11.8. The van der Waals surface area contributed by atoms with E-state index in [1.807, 2.05) is 35.1 Å². The number of para-hydroxylation sites is 1. The van der Waals surface area contributed by atoms with Gasteiger partial charge in [-0.3, -0.25) is 9.48 Å². The maximum atomic E-state index is 12.3. The Morgan fingerprint density at radius 2 is 2.19 bits per heavy atom. The molecule has 0 radical (unpaired) electrons. The Bertz CT molecular complexity index is 802. The lowest BCUT2D eigenvalue weighted by molar-refractivity contribution is 0.0967. The number of rotatable bonds is 4. The fraction of sp³-hybridized carbons (Fsp3) is 0.250. The molecule has 0 unspecified atom stereocenters. The summed E-state index contributed by atoms with van der Waals surface area (Å²) in [6, 6.07) is 9.67. The summed E-state index contributed by atoms with van der Waals surface area (Å²) in [7, 11) is 0. The van der Waals surface area contributed by atoms with Gasteiger partial charge in [-0.2, -0.15) is 5.10 Å². The van der Waals surface area contributed by atoms with Crippen LogP contribution in [0.2, 0.25) is 0 Å². The Morgan fingerprint density at radius 1 is 1.38 bits per heavy atom. The van der Waals surface area contributed by atoms with Crippen LogP contribution in [-0.4, -0.2) is 15.6 Å². The van der Waals surface area contributed by atoms with Crippen molar-refractivity contribution in [1.82, 2.24) is 9.78 Å². The lowest BCUT2D eigenvalue weighted by atomic mass is 10.1. The lowest BCUT2D eigenvalue weighted by Gasteiger charge is -2.03. The minimum Gasteiger partial charge on any atom is -0.452 e. The Morgan fingerprint density at radius 3 is 2.86 bits per heavy atom. The molecule has 0 fully saturated rings. The number of benzene rings is 1. The molecule has 0 bridgehead atoms. The molecule has 3 rings (SSSR count). The van der Waals surface area contributed by atoms with Gasteiger partial charge in [-0.1, -0.05) is 12.1 Å². The molecular formula is C16H15BrN2O2. The number of carbonyl (C=O) groups excluding carboxylic acids is 1. The highest BCUT2D eigenvalue weighted by molar-refractivity contribution is 9.10. The highest BCUT2D eigenvalue weighted by Crippen LogP contribution is 2.27. The monoisotopic (exact) mass is 346 g/mol. The van der Waals surface area contributed by atoms with Gasteiger partial charge in [-0.05, 0) is 48.0 Å². The second kappa shape index (κ2) is 5.48. The van der Waals surface area contributed by atoms with Crippen molar-refractivity contribution >= 4 is 32.7 Å². The van der Waals surface area contributed by atoms with Crippen LogP contribution in [0.5, 0.6) is 0 Å². The highest BCUT2D eigenvalue weighted by atomic mass is 79.9. The Balaban J connectivity index is 1.84. The van der Waals surface area contributed by atoms with E-state index in [9.17, 15) is 4.79 Å². The van der Waals surface area contributed by atoms with E-state index in [1.54, 1.807) is 6.07 Å². The van der Waals surface area contributed by atoms with Crippen molar-refractivity contribution in [2.24, 2.45) is 0 Å². The number of carbonyl (C=O) groups is 1. The van der Waals surface area contributed by atoms with Crippen LogP contribution >= 0.6 is 15.9 Å². The number of aromatic nitrogens is 2. The molecule has 0 aliphatic heterocycles. The van der Waals surface area contributed by atoms with E-state index in [0.29, 0.717) is 11.3 Å². The van der Waals surface area contributed by atoms with Gasteiger partial charge in [-0.25, -0.2) is 0 Å². The van der Waals surface area contributed by atoms with Crippen molar-refractivity contribution in [1.29, 1.82) is 0 Å². The first-order chi connectivity index (χ1) is 10.0. The molecule has 0 atom stereocenters. The fourth-order valence-corrected chi connectivity index (χ4v) is 2.64. The Kier molecular flexibility index (Phi) is 3.68. The summed E-state index contributed by atoms with van der Waals surface area (Å²) >= 11 is 3.42. The molecule has 4 nitrogen and oxygen atoms in total. The standard InChI is InChI=1S/C16H15BrN2O2/c1-10(2)19-7-6-12(18-19)9-14(20)15-8-11-4-3-5-13(17)16(11)21-15/h3-8,10H,9H2,1-2H3. The van der Waals surface area contributed by atoms with Crippen molar-refractivity contribution in [2.75, 3.05) is 0 Å². The van der Waals surface area contributed by atoms with Crippen LogP contribution in [0.1, 0.15) is 36.1 Å². The fourth-order valence-electron chi connectivity index (χ4n) is 2.18. The topological polar surface area (TPSA) is 48.0 Å². The van der Waals surface area contributed by atoms with Crippen LogP contribution in [0.3, 0.4) is 0 Å². The number of furan rings is 1. The average molecular weight is 347 g/mol. The normalized spacial score (nSPS) is 11.4. The number of hydrogen-bond donors (Lipinski definition) is 0. The second-order valence-electron chi connectivity index (χ2n) is 5.25. The third-order valence-corrected chi connectivity index (χ3v) is 3.93. The average Bonchev–Trinajstić information content (AvgIpc) is 3.05. The van der Waals surface area contributed by atoms with Crippen molar-refractivity contribution in [3.63, 3.8) is 0 Å². The molecule has 0 spiro atoms. The van der Waals surface area contributed by atoms with Gasteiger partial charge in [0.2, 0.25) is 5.78 Å². The van der Waals surface area contributed by atoms with E-state index in [0.717, 1.165) is 15.6 Å². The summed E-state index contributed by atoms with van der Waals surface area (Å²) in [4.78, 5) is 12.3. The maximum Gasteiger partial charge on any atom is 0.204 e. The molecule has 0 saturated heterocycles. The summed E-state index contributed by atoms with van der Waals surface area (Å²) in [5, 5.41) is 5.31. The van der Waals surface area contributed by atoms with Crippen LogP contribution < -0.4 is 0 Å². The van der Waals surface area contributed by atoms with Gasteiger partial charge >= 0.3 is 0 Å². The first-order valence-electron chi connectivity index (χ1n) is 6.80. The maximum absolute atomic E-state index is 12.3. The van der Waals surface area contributed by atoms with E-state index in [2.05, 4.69) is 34.9 Å². The molecule has 0 aliphatic carbocycles. The van der Waals surface area contributed by atoms with Gasteiger partial charge in [0.25, 0.3) is 0 Å². The molecule has 108 valence electrons. The molecule has 21 heavy (non-hydrogen) atoms. The number of ketones is 1. The van der Waals surface area contributed by atoms with Crippen molar-refractivity contribution in [3.8, 4) is 0 Å². The van der Waals surface area contributed by atoms with Gasteiger partial charge in [0.1, 0.15) is 5.58 Å². The molecule has 3 aromatic rings. The number of Topliss-reactive ketones (excluding diaryl/α,β-unsaturated/α-hetero) is 1. The molecule has 2 aromatic heterocycles. The van der Waals surface area contributed by atoms with Gasteiger partial charge in [0.15, 0.2) is 5.76 Å². The second-order valence-corrected chi connectivity index (χ2v) is 6.10. The molecule has 0 aliphatic rings. The summed E-state index contributed by atoms with van der Waals surface area (Å²) in [5.74, 6) is 0.308. The largest absolute Gasteiger partial charge is 0.452 e. The van der Waals surface area contributed by atoms with E-state index in [1.165, 1.54) is 0 Å². The molecule has 0 saturated carbocycles. The van der Waals surface area contributed by atoms with E-state index < -0.39 is 0 Å². The van der Waals surface area contributed by atoms with Gasteiger partial charge in [-0.15, -0.1) is 0 Å². The minimum atomic E-state index is -0.0629. The summed E-state index contributed by atoms with van der Waals surface area (Å²) < 4.78 is 8.35. The van der Waals surface area contributed by atoms with Crippen LogP contribution in [0.4, 0.5) is 0 Å². The zero-order chi connectivity index (χ0) is 15.0. The zero-order valence-corrected chi connectivity index (χ0v) is 13.4. The molecule has 0 amide bonds. The highest BCUT2D eigenvalue weighted by Gasteiger charge is 2.15. The number of fused-ring (bicyclic) bond motifs is 1. The Hall–Kier alpha value is -1.88. The molecule has 0 N–H and O–H groups in total. The van der Waals surface area contributed by atoms with Gasteiger partial charge < -0.3 is 4.42 Å². The third kappa shape index (κ3) is 2.78. The van der Waals surface area contributed by atoms with Crippen LogP contribution in [0.25, 0.3) is 11.0 Å². The molecular weight excluding hydrogens is 332 g/mol. The summed E-state index contributed by atoms with van der Waals surface area (Å²) in [6.45, 7) is 4.10. The van der Waals surface area contributed by atoms with Crippen molar-refractivity contribution in [3.05, 3.63) is 52.5 Å². The smallest absolute Gasteiger partial charge is 0.204 e. The first kappa shape index (κ1) is 14.1. The number of halogens is 1. The number of nitrogens with zero attached hydrogens (tertiary/aromatic N) is 2. The third-order valence-electron chi connectivity index (χ3n) is 3.31. The quantitative estimate of drug-likeness (QED) is 0.658. The van der Waals surface area contributed by atoms with Crippen LogP contribution in [-0.2, 0) is 6.42 Å². The van der Waals surface area contributed by atoms with Crippen LogP contribution in [0.15, 0.2) is 45.4 Å². The van der Waals surface area contributed by atoms with E-state index in [-0.39, 0.29) is 18.2 Å². The van der Waals surface area contributed by atoms with E-state index in [4.69, 9.17) is 4.42 Å². The van der Waals surface area contributed by atoms with E-state index >= 15 is 0 Å². The predicted octanol–water partition coefficient (Wildman–Crippen LogP) is 4.40. The Labute approximate surface area is 130 Å². The SMILES string of the molecule is CC(C)n1ccc(CC(=O)c2cc3cccc(Br)c3o2)n1. The molecule has 2 heterocycles. The van der Waals surface area contributed by atoms with Crippen molar-refractivity contribution in [2.45, 2.75) is 26.3 Å². The first-order valence-corrected chi connectivity index (χ1v) is 7.59. The van der Waals surface area contributed by atoms with Gasteiger partial charge in [0.05, 0.1) is 16.6 Å². The number of hydrogen-bond acceptors (Lipinski definition) is 3. The predicted molar refractivity (Wildman–Crippen MR) is 84.6 cm³/mol. The lowest BCUT2D eigenvalue weighted by Crippen LogP contribution is -2.05. The van der Waals surface area contributed by atoms with Crippen LogP contribution in [0, 0.1) is 0 Å².